The van der Waals surface area contributed by atoms with E-state index in [-0.39, 0.29) is 0 Å². The molecule has 0 fully saturated rings. The summed E-state index contributed by atoms with van der Waals surface area (Å²) >= 11 is 0. The molecule has 84 valence electrons. The Labute approximate surface area is 90.2 Å². The summed E-state index contributed by atoms with van der Waals surface area (Å²) in [5.74, 6) is 2.24. The minimum Gasteiger partial charge on any atom is -0.380 e. The summed E-state index contributed by atoms with van der Waals surface area (Å²) in [5.41, 5.74) is 0. The van der Waals surface area contributed by atoms with Gasteiger partial charge >= 0.3 is 0 Å². The van der Waals surface area contributed by atoms with Crippen molar-refractivity contribution < 1.29 is 0 Å². The van der Waals surface area contributed by atoms with Gasteiger partial charge in [-0.15, -0.1) is 0 Å². The van der Waals surface area contributed by atoms with Crippen LogP contribution in [0.3, 0.4) is 0 Å². The van der Waals surface area contributed by atoms with Crippen molar-refractivity contribution in [1.82, 2.24) is 4.90 Å². The van der Waals surface area contributed by atoms with Crippen LogP contribution in [0.1, 0.15) is 41.0 Å². The second kappa shape index (κ2) is 6.92. The topological polar surface area (TPSA) is 3.24 Å². The summed E-state index contributed by atoms with van der Waals surface area (Å²) < 4.78 is 0. The molecule has 2 unspecified atom stereocenters. The molecular formula is C13H27N. The predicted octanol–water partition coefficient (Wildman–Crippen LogP) is 3.77. The van der Waals surface area contributed by atoms with Crippen LogP contribution >= 0.6 is 0 Å². The summed E-state index contributed by atoms with van der Waals surface area (Å²) in [6, 6.07) is 0. The van der Waals surface area contributed by atoms with Gasteiger partial charge in [0.2, 0.25) is 0 Å². The van der Waals surface area contributed by atoms with Crippen molar-refractivity contribution in [3.63, 3.8) is 0 Å². The van der Waals surface area contributed by atoms with Crippen LogP contribution in [0, 0.1) is 17.8 Å². The summed E-state index contributed by atoms with van der Waals surface area (Å²) in [4.78, 5) is 2.30. The van der Waals surface area contributed by atoms with Crippen molar-refractivity contribution in [2.75, 3.05) is 13.6 Å². The van der Waals surface area contributed by atoms with E-state index >= 15 is 0 Å². The third-order valence-electron chi connectivity index (χ3n) is 3.03. The lowest BCUT2D eigenvalue weighted by Crippen LogP contribution is -2.22. The molecule has 0 spiro atoms. The van der Waals surface area contributed by atoms with Crippen LogP contribution < -0.4 is 0 Å². The summed E-state index contributed by atoms with van der Waals surface area (Å²) in [7, 11) is 2.16. The second-order valence-corrected chi connectivity index (χ2v) is 4.89. The molecule has 0 amide bonds. The summed E-state index contributed by atoms with van der Waals surface area (Å²) in [5, 5.41) is 0. The molecular weight excluding hydrogens is 170 g/mol. The normalized spacial score (nSPS) is 16.2. The second-order valence-electron chi connectivity index (χ2n) is 4.89. The zero-order chi connectivity index (χ0) is 11.1. The lowest BCUT2D eigenvalue weighted by Gasteiger charge is -2.22. The quantitative estimate of drug-likeness (QED) is 0.626. The van der Waals surface area contributed by atoms with Gasteiger partial charge in [0.15, 0.2) is 0 Å². The largest absolute Gasteiger partial charge is 0.380 e. The summed E-state index contributed by atoms with van der Waals surface area (Å²) in [6.07, 6.45) is 5.75. The van der Waals surface area contributed by atoms with Gasteiger partial charge < -0.3 is 4.90 Å². The molecule has 0 radical (unpaired) electrons. The Morgan fingerprint density at radius 2 is 1.71 bits per heavy atom. The lowest BCUT2D eigenvalue weighted by atomic mass is 9.98. The van der Waals surface area contributed by atoms with Gasteiger partial charge in [0.1, 0.15) is 0 Å². The van der Waals surface area contributed by atoms with E-state index < -0.39 is 0 Å². The molecule has 0 aromatic rings. The molecule has 0 aromatic heterocycles. The van der Waals surface area contributed by atoms with E-state index in [4.69, 9.17) is 0 Å². The zero-order valence-corrected chi connectivity index (χ0v) is 10.7. The molecule has 0 aromatic carbocycles. The van der Waals surface area contributed by atoms with Crippen LogP contribution in [-0.2, 0) is 0 Å². The van der Waals surface area contributed by atoms with Crippen LogP contribution in [0.4, 0.5) is 0 Å². The Hall–Kier alpha value is -0.460. The van der Waals surface area contributed by atoms with Gasteiger partial charge in [-0.3, -0.25) is 0 Å². The average molecular weight is 197 g/mol. The first-order valence-electron chi connectivity index (χ1n) is 5.85. The van der Waals surface area contributed by atoms with E-state index in [0.717, 1.165) is 18.4 Å². The first-order chi connectivity index (χ1) is 6.47. The highest BCUT2D eigenvalue weighted by atomic mass is 15.1. The van der Waals surface area contributed by atoms with Gasteiger partial charge in [-0.05, 0) is 24.0 Å². The Bertz CT molecular complexity index is 161. The third-order valence-corrected chi connectivity index (χ3v) is 3.03. The van der Waals surface area contributed by atoms with Crippen LogP contribution in [0.15, 0.2) is 12.3 Å². The standard InChI is InChI=1S/C13H27N/c1-7-12(4)8-9-14(6)10-13(5)11(2)3/h8-9,11-13H,7,10H2,1-6H3/b9-8-. The SMILES string of the molecule is CCC(C)/C=C\N(C)CC(C)C(C)C. The molecule has 0 N–H and O–H groups in total. The lowest BCUT2D eigenvalue weighted by molar-refractivity contribution is 0.308. The maximum atomic E-state index is 2.32. The van der Waals surface area contributed by atoms with Crippen LogP contribution in [0.25, 0.3) is 0 Å². The third kappa shape index (κ3) is 6.06. The molecule has 0 aliphatic heterocycles. The number of hydrogen-bond acceptors (Lipinski definition) is 1. The fourth-order valence-corrected chi connectivity index (χ4v) is 1.16. The predicted molar refractivity (Wildman–Crippen MR) is 65.2 cm³/mol. The molecule has 2 atom stereocenters. The van der Waals surface area contributed by atoms with Gasteiger partial charge in [0.05, 0.1) is 0 Å². The molecule has 0 bridgehead atoms. The zero-order valence-electron chi connectivity index (χ0n) is 10.7. The highest BCUT2D eigenvalue weighted by molar-refractivity contribution is 4.85. The van der Waals surface area contributed by atoms with Crippen molar-refractivity contribution in [3.05, 3.63) is 12.3 Å². The van der Waals surface area contributed by atoms with Crippen molar-refractivity contribution in [2.24, 2.45) is 17.8 Å². The average Bonchev–Trinajstić information content (AvgIpc) is 2.13. The molecule has 0 saturated heterocycles. The molecule has 0 aliphatic rings. The molecule has 14 heavy (non-hydrogen) atoms. The molecule has 0 rings (SSSR count). The Balaban J connectivity index is 3.85. The smallest absolute Gasteiger partial charge is 0.0197 e. The maximum Gasteiger partial charge on any atom is 0.0197 e. The molecule has 0 heterocycles. The van der Waals surface area contributed by atoms with Crippen molar-refractivity contribution in [1.29, 1.82) is 0 Å². The minimum absolute atomic E-state index is 0.701. The number of nitrogens with zero attached hydrogens (tertiary/aromatic N) is 1. The van der Waals surface area contributed by atoms with Crippen LogP contribution in [0.5, 0.6) is 0 Å². The van der Waals surface area contributed by atoms with Gasteiger partial charge in [-0.1, -0.05) is 47.1 Å². The highest BCUT2D eigenvalue weighted by Gasteiger charge is 2.07. The number of rotatable bonds is 6. The van der Waals surface area contributed by atoms with Gasteiger partial charge in [0.25, 0.3) is 0 Å². The van der Waals surface area contributed by atoms with E-state index in [1.165, 1.54) is 6.42 Å². The van der Waals surface area contributed by atoms with Gasteiger partial charge in [-0.2, -0.15) is 0 Å². The first-order valence-corrected chi connectivity index (χ1v) is 5.85. The monoisotopic (exact) mass is 197 g/mol. The molecule has 1 nitrogen and oxygen atoms in total. The maximum absolute atomic E-state index is 2.32. The van der Waals surface area contributed by atoms with Gasteiger partial charge in [-0.25, -0.2) is 0 Å². The van der Waals surface area contributed by atoms with E-state index in [0.29, 0.717) is 5.92 Å². The van der Waals surface area contributed by atoms with Gasteiger partial charge in [0, 0.05) is 13.6 Å². The van der Waals surface area contributed by atoms with E-state index in [2.05, 4.69) is 58.8 Å². The van der Waals surface area contributed by atoms with E-state index in [1.54, 1.807) is 0 Å². The highest BCUT2D eigenvalue weighted by Crippen LogP contribution is 2.11. The van der Waals surface area contributed by atoms with E-state index in [1.807, 2.05) is 0 Å². The van der Waals surface area contributed by atoms with Crippen molar-refractivity contribution in [3.8, 4) is 0 Å². The van der Waals surface area contributed by atoms with Crippen molar-refractivity contribution >= 4 is 0 Å². The fourth-order valence-electron chi connectivity index (χ4n) is 1.16. The Morgan fingerprint density at radius 3 is 2.14 bits per heavy atom. The first kappa shape index (κ1) is 13.5. The fraction of sp³-hybridized carbons (Fsp3) is 0.846. The Kier molecular flexibility index (Phi) is 6.69. The molecule has 1 heteroatoms. The number of allylic oxidation sites excluding steroid dienone is 1. The Morgan fingerprint density at radius 1 is 1.14 bits per heavy atom. The van der Waals surface area contributed by atoms with Crippen molar-refractivity contribution in [2.45, 2.75) is 41.0 Å². The number of hydrogen-bond donors (Lipinski definition) is 0. The van der Waals surface area contributed by atoms with Crippen LogP contribution in [0.2, 0.25) is 0 Å². The molecule has 0 saturated carbocycles. The van der Waals surface area contributed by atoms with Crippen LogP contribution in [-0.4, -0.2) is 18.5 Å². The summed E-state index contributed by atoms with van der Waals surface area (Å²) in [6.45, 7) is 12.5. The molecule has 0 aliphatic carbocycles. The minimum atomic E-state index is 0.701. The van der Waals surface area contributed by atoms with E-state index in [9.17, 15) is 0 Å².